The molecule has 23 heavy (non-hydrogen) atoms. The largest absolute Gasteiger partial charge is 0.336 e. The van der Waals surface area contributed by atoms with Crippen LogP contribution < -0.4 is 0 Å². The van der Waals surface area contributed by atoms with Crippen LogP contribution in [0.3, 0.4) is 0 Å². The average molecular weight is 394 g/mol. The molecule has 1 heterocycles. The van der Waals surface area contributed by atoms with E-state index in [0.29, 0.717) is 0 Å². The summed E-state index contributed by atoms with van der Waals surface area (Å²) in [6.07, 6.45) is 0. The van der Waals surface area contributed by atoms with Crippen molar-refractivity contribution in [1.82, 2.24) is 9.80 Å². The Hall–Kier alpha value is -1.36. The van der Waals surface area contributed by atoms with E-state index in [1.165, 1.54) is 0 Å². The molecule has 0 saturated carbocycles. The summed E-state index contributed by atoms with van der Waals surface area (Å²) in [5.41, 5.74) is 1.87. The number of hydrogen-bond donors (Lipinski definition) is 0. The van der Waals surface area contributed by atoms with E-state index >= 15 is 0 Å². The summed E-state index contributed by atoms with van der Waals surface area (Å²) in [5.74, 6) is 0.0925. The van der Waals surface area contributed by atoms with Crippen LogP contribution in [0.2, 0.25) is 5.02 Å². The molecule has 2 aromatic carbocycles. The normalized spacial score (nSPS) is 15.7. The predicted molar refractivity (Wildman–Crippen MR) is 96.8 cm³/mol. The highest BCUT2D eigenvalue weighted by atomic mass is 79.9. The molecule has 0 unspecified atom stereocenters. The standard InChI is InChI=1S/C18H18BrClN2O/c19-16-7-3-2-6-15(16)18(23)22-11-9-21(10-12-22)13-14-5-1-4-8-17(14)20/h1-8H,9-13H2. The maximum Gasteiger partial charge on any atom is 0.255 e. The first kappa shape index (κ1) is 16.5. The molecule has 0 N–H and O–H groups in total. The molecule has 1 aliphatic heterocycles. The van der Waals surface area contributed by atoms with Crippen LogP contribution in [-0.2, 0) is 6.54 Å². The maximum atomic E-state index is 12.6. The van der Waals surface area contributed by atoms with Crippen LogP contribution in [0.25, 0.3) is 0 Å². The number of carbonyl (C=O) groups excluding carboxylic acids is 1. The predicted octanol–water partition coefficient (Wildman–Crippen LogP) is 4.06. The summed E-state index contributed by atoms with van der Waals surface area (Å²) in [5, 5.41) is 0.805. The second-order valence-corrected chi connectivity index (χ2v) is 6.90. The molecule has 0 atom stereocenters. The topological polar surface area (TPSA) is 23.6 Å². The molecule has 3 nitrogen and oxygen atoms in total. The van der Waals surface area contributed by atoms with Crippen molar-refractivity contribution >= 4 is 33.4 Å². The van der Waals surface area contributed by atoms with Crippen molar-refractivity contribution in [1.29, 1.82) is 0 Å². The van der Waals surface area contributed by atoms with Crippen LogP contribution in [0.1, 0.15) is 15.9 Å². The van der Waals surface area contributed by atoms with Gasteiger partial charge >= 0.3 is 0 Å². The molecule has 0 aromatic heterocycles. The number of amides is 1. The lowest BCUT2D eigenvalue weighted by Crippen LogP contribution is -2.48. The van der Waals surface area contributed by atoms with Gasteiger partial charge in [0.15, 0.2) is 0 Å². The Kier molecular flexibility index (Phi) is 5.36. The molecule has 0 bridgehead atoms. The minimum atomic E-state index is 0.0925. The first-order valence-electron chi connectivity index (χ1n) is 7.65. The van der Waals surface area contributed by atoms with E-state index in [-0.39, 0.29) is 5.91 Å². The quantitative estimate of drug-likeness (QED) is 0.785. The zero-order valence-corrected chi connectivity index (χ0v) is 15.1. The highest BCUT2D eigenvalue weighted by Crippen LogP contribution is 2.20. The molecule has 0 spiro atoms. The third-order valence-corrected chi connectivity index (χ3v) is 5.18. The van der Waals surface area contributed by atoms with Gasteiger partial charge in [0.05, 0.1) is 5.56 Å². The minimum Gasteiger partial charge on any atom is -0.336 e. The molecular weight excluding hydrogens is 376 g/mol. The van der Waals surface area contributed by atoms with E-state index in [1.807, 2.05) is 47.4 Å². The summed E-state index contributed by atoms with van der Waals surface area (Å²) in [6.45, 7) is 4.04. The van der Waals surface area contributed by atoms with Crippen molar-refractivity contribution in [2.75, 3.05) is 26.2 Å². The van der Waals surface area contributed by atoms with E-state index in [2.05, 4.69) is 26.9 Å². The van der Waals surface area contributed by atoms with Gasteiger partial charge in [-0.3, -0.25) is 9.69 Å². The molecule has 2 aromatic rings. The lowest BCUT2D eigenvalue weighted by Gasteiger charge is -2.35. The molecule has 0 aliphatic carbocycles. The van der Waals surface area contributed by atoms with Crippen molar-refractivity contribution in [2.45, 2.75) is 6.54 Å². The van der Waals surface area contributed by atoms with E-state index in [4.69, 9.17) is 11.6 Å². The maximum absolute atomic E-state index is 12.6. The van der Waals surface area contributed by atoms with Gasteiger partial charge in [-0.25, -0.2) is 0 Å². The van der Waals surface area contributed by atoms with Crippen molar-refractivity contribution in [3.05, 3.63) is 69.2 Å². The summed E-state index contributed by atoms with van der Waals surface area (Å²) in [6, 6.07) is 15.5. The molecular formula is C18H18BrClN2O. The SMILES string of the molecule is O=C(c1ccccc1Br)N1CCN(Cc2ccccc2Cl)CC1. The van der Waals surface area contributed by atoms with Crippen molar-refractivity contribution in [2.24, 2.45) is 0 Å². The van der Waals surface area contributed by atoms with Crippen LogP contribution in [0.15, 0.2) is 53.0 Å². The fourth-order valence-corrected chi connectivity index (χ4v) is 3.43. The van der Waals surface area contributed by atoms with E-state index in [0.717, 1.165) is 53.3 Å². The lowest BCUT2D eigenvalue weighted by molar-refractivity contribution is 0.0627. The first-order chi connectivity index (χ1) is 11.1. The molecule has 120 valence electrons. The zero-order chi connectivity index (χ0) is 16.2. The van der Waals surface area contributed by atoms with Crippen LogP contribution in [-0.4, -0.2) is 41.9 Å². The Balaban J connectivity index is 1.59. The van der Waals surface area contributed by atoms with E-state index in [1.54, 1.807) is 0 Å². The molecule has 1 fully saturated rings. The van der Waals surface area contributed by atoms with E-state index in [9.17, 15) is 4.79 Å². The van der Waals surface area contributed by atoms with Gasteiger partial charge in [-0.2, -0.15) is 0 Å². The number of nitrogens with zero attached hydrogens (tertiary/aromatic N) is 2. The van der Waals surface area contributed by atoms with Crippen LogP contribution >= 0.6 is 27.5 Å². The van der Waals surface area contributed by atoms with Gasteiger partial charge < -0.3 is 4.90 Å². The Labute approximate surface area is 150 Å². The van der Waals surface area contributed by atoms with Crippen LogP contribution in [0, 0.1) is 0 Å². The first-order valence-corrected chi connectivity index (χ1v) is 8.82. The van der Waals surface area contributed by atoms with Gasteiger partial charge in [0.1, 0.15) is 0 Å². The smallest absolute Gasteiger partial charge is 0.255 e. The third kappa shape index (κ3) is 3.94. The van der Waals surface area contributed by atoms with Crippen LogP contribution in [0.5, 0.6) is 0 Å². The minimum absolute atomic E-state index is 0.0925. The Morgan fingerprint density at radius 3 is 2.35 bits per heavy atom. The van der Waals surface area contributed by atoms with Gasteiger partial charge in [0, 0.05) is 42.2 Å². The highest BCUT2D eigenvalue weighted by molar-refractivity contribution is 9.10. The second kappa shape index (κ2) is 7.47. The highest BCUT2D eigenvalue weighted by Gasteiger charge is 2.23. The van der Waals surface area contributed by atoms with Crippen molar-refractivity contribution in [3.8, 4) is 0 Å². The summed E-state index contributed by atoms with van der Waals surface area (Å²) in [7, 11) is 0. The number of carbonyl (C=O) groups is 1. The fraction of sp³-hybridized carbons (Fsp3) is 0.278. The number of piperazine rings is 1. The summed E-state index contributed by atoms with van der Waals surface area (Å²) < 4.78 is 0.850. The van der Waals surface area contributed by atoms with Gasteiger partial charge in [-0.05, 0) is 39.7 Å². The zero-order valence-electron chi connectivity index (χ0n) is 12.7. The number of benzene rings is 2. The van der Waals surface area contributed by atoms with Gasteiger partial charge in [0.25, 0.3) is 5.91 Å². The average Bonchev–Trinajstić information content (AvgIpc) is 2.57. The Bertz CT molecular complexity index is 699. The molecule has 1 aliphatic rings. The second-order valence-electron chi connectivity index (χ2n) is 5.64. The third-order valence-electron chi connectivity index (χ3n) is 4.12. The summed E-state index contributed by atoms with van der Waals surface area (Å²) in [4.78, 5) is 16.9. The Morgan fingerprint density at radius 1 is 1.00 bits per heavy atom. The van der Waals surface area contributed by atoms with Gasteiger partial charge in [-0.1, -0.05) is 41.9 Å². The molecule has 1 amide bonds. The van der Waals surface area contributed by atoms with Crippen molar-refractivity contribution < 1.29 is 4.79 Å². The number of halogens is 2. The van der Waals surface area contributed by atoms with Crippen molar-refractivity contribution in [3.63, 3.8) is 0 Å². The Morgan fingerprint density at radius 2 is 1.65 bits per heavy atom. The van der Waals surface area contributed by atoms with Gasteiger partial charge in [0.2, 0.25) is 0 Å². The monoisotopic (exact) mass is 392 g/mol. The van der Waals surface area contributed by atoms with E-state index < -0.39 is 0 Å². The molecule has 5 heteroatoms. The molecule has 0 radical (unpaired) electrons. The number of rotatable bonds is 3. The van der Waals surface area contributed by atoms with Gasteiger partial charge in [-0.15, -0.1) is 0 Å². The molecule has 1 saturated heterocycles. The molecule has 3 rings (SSSR count). The summed E-state index contributed by atoms with van der Waals surface area (Å²) >= 11 is 9.68. The fourth-order valence-electron chi connectivity index (χ4n) is 2.78. The van der Waals surface area contributed by atoms with Crippen LogP contribution in [0.4, 0.5) is 0 Å². The number of hydrogen-bond acceptors (Lipinski definition) is 2. The lowest BCUT2D eigenvalue weighted by atomic mass is 10.1.